The Labute approximate surface area is 159 Å². The van der Waals surface area contributed by atoms with Crippen molar-refractivity contribution < 1.29 is 24.1 Å². The molecule has 2 bridgehead atoms. The zero-order chi connectivity index (χ0) is 19.4. The third-order valence-corrected chi connectivity index (χ3v) is 5.66. The zero-order valence-corrected chi connectivity index (χ0v) is 15.6. The molecular formula is C22H27FO4. The van der Waals surface area contributed by atoms with Gasteiger partial charge in [-0.3, -0.25) is 4.79 Å². The lowest BCUT2D eigenvalue weighted by Crippen LogP contribution is -2.20. The summed E-state index contributed by atoms with van der Waals surface area (Å²) in [5.74, 6) is 0.403. The van der Waals surface area contributed by atoms with E-state index in [2.05, 4.69) is 4.74 Å². The highest BCUT2D eigenvalue weighted by molar-refractivity contribution is 5.73. The van der Waals surface area contributed by atoms with E-state index in [0.717, 1.165) is 24.8 Å². The number of allylic oxidation sites excluding steroid dienone is 3. The number of fused-ring (bicyclic) bond motifs is 2. The minimum atomic E-state index is -0.940. The second-order valence-corrected chi connectivity index (χ2v) is 7.62. The Morgan fingerprint density at radius 2 is 2.04 bits per heavy atom. The van der Waals surface area contributed by atoms with Gasteiger partial charge in [-0.25, -0.2) is 4.39 Å². The lowest BCUT2D eigenvalue weighted by molar-refractivity contribution is -0.143. The number of hydrogen-bond donors (Lipinski definition) is 2. The van der Waals surface area contributed by atoms with Crippen molar-refractivity contribution in [1.29, 1.82) is 0 Å². The van der Waals surface area contributed by atoms with Gasteiger partial charge in [0.05, 0.1) is 25.7 Å². The maximum Gasteiger partial charge on any atom is 0.308 e. The highest BCUT2D eigenvalue weighted by atomic mass is 19.1. The van der Waals surface area contributed by atoms with Crippen molar-refractivity contribution in [2.24, 2.45) is 11.8 Å². The first kappa shape index (κ1) is 19.8. The Bertz CT molecular complexity index is 722. The van der Waals surface area contributed by atoms with Crippen molar-refractivity contribution in [3.63, 3.8) is 0 Å². The van der Waals surface area contributed by atoms with E-state index in [9.17, 15) is 19.4 Å². The number of hydrogen-bond acceptors (Lipinski definition) is 4. The average molecular weight is 374 g/mol. The lowest BCUT2D eigenvalue weighted by Gasteiger charge is -2.25. The summed E-state index contributed by atoms with van der Waals surface area (Å²) in [6.07, 6.45) is 6.29. The molecule has 4 nitrogen and oxygen atoms in total. The molecule has 1 aromatic rings. The second kappa shape index (κ2) is 8.81. The van der Waals surface area contributed by atoms with Gasteiger partial charge in [-0.15, -0.1) is 0 Å². The number of methoxy groups -OCH3 is 1. The molecule has 146 valence electrons. The number of ether oxygens (including phenoxy) is 1. The van der Waals surface area contributed by atoms with Crippen LogP contribution in [0, 0.1) is 17.7 Å². The number of benzene rings is 1. The predicted molar refractivity (Wildman–Crippen MR) is 101 cm³/mol. The molecule has 2 aliphatic rings. The van der Waals surface area contributed by atoms with Crippen LogP contribution in [0.1, 0.15) is 44.1 Å². The fourth-order valence-electron chi connectivity index (χ4n) is 4.30. The van der Waals surface area contributed by atoms with Crippen LogP contribution in [0.5, 0.6) is 0 Å². The summed E-state index contributed by atoms with van der Waals surface area (Å²) in [4.78, 5) is 11.2. The van der Waals surface area contributed by atoms with E-state index in [4.69, 9.17) is 0 Å². The Hall–Kier alpha value is -1.98. The van der Waals surface area contributed by atoms with E-state index >= 15 is 0 Å². The van der Waals surface area contributed by atoms with E-state index in [-0.39, 0.29) is 18.7 Å². The normalized spacial score (nSPS) is 24.3. The third kappa shape index (κ3) is 5.05. The Morgan fingerprint density at radius 3 is 2.74 bits per heavy atom. The quantitative estimate of drug-likeness (QED) is 0.715. The molecule has 3 rings (SSSR count). The summed E-state index contributed by atoms with van der Waals surface area (Å²) in [6.45, 7) is 0. The van der Waals surface area contributed by atoms with Gasteiger partial charge in [0.25, 0.3) is 0 Å². The van der Waals surface area contributed by atoms with Crippen LogP contribution in [0.2, 0.25) is 0 Å². The van der Waals surface area contributed by atoms with Crippen molar-refractivity contribution in [1.82, 2.24) is 0 Å². The molecule has 4 atom stereocenters. The average Bonchev–Trinajstić information content (AvgIpc) is 3.03. The zero-order valence-electron chi connectivity index (χ0n) is 15.6. The van der Waals surface area contributed by atoms with Gasteiger partial charge in [0.1, 0.15) is 5.82 Å². The molecule has 2 aliphatic carbocycles. The standard InChI is InChI=1S/C22H27FO4/c1-27-22(26)13-19(25)12-18(24)8-9-20-16-3-2-14(10-16)11-21(20)15-4-6-17(23)7-5-15/h4-9,14,16,18-19,24-25H,2-3,10-13H2,1H3/b9-8+. The van der Waals surface area contributed by atoms with E-state index in [1.807, 2.05) is 18.2 Å². The second-order valence-electron chi connectivity index (χ2n) is 7.62. The van der Waals surface area contributed by atoms with Crippen molar-refractivity contribution in [2.75, 3.05) is 7.11 Å². The number of carbonyl (C=O) groups is 1. The molecule has 0 amide bonds. The fourth-order valence-corrected chi connectivity index (χ4v) is 4.30. The lowest BCUT2D eigenvalue weighted by atomic mass is 9.80. The minimum Gasteiger partial charge on any atom is -0.469 e. The minimum absolute atomic E-state index is 0.0814. The topological polar surface area (TPSA) is 66.8 Å². The molecule has 2 N–H and O–H groups in total. The van der Waals surface area contributed by atoms with Crippen molar-refractivity contribution in [2.45, 2.75) is 50.7 Å². The molecule has 0 saturated heterocycles. The number of carbonyl (C=O) groups excluding carboxylic acids is 1. The van der Waals surface area contributed by atoms with E-state index in [1.165, 1.54) is 36.8 Å². The largest absolute Gasteiger partial charge is 0.469 e. The summed E-state index contributed by atoms with van der Waals surface area (Å²) >= 11 is 0. The van der Waals surface area contributed by atoms with Crippen molar-refractivity contribution >= 4 is 11.5 Å². The Balaban J connectivity index is 1.75. The maximum absolute atomic E-state index is 13.3. The molecular weight excluding hydrogens is 347 g/mol. The van der Waals surface area contributed by atoms with Gasteiger partial charge in [-0.1, -0.05) is 24.3 Å². The molecule has 0 aliphatic heterocycles. The van der Waals surface area contributed by atoms with Crippen LogP contribution < -0.4 is 0 Å². The molecule has 4 unspecified atom stereocenters. The van der Waals surface area contributed by atoms with Crippen LogP contribution in [-0.4, -0.2) is 35.5 Å². The van der Waals surface area contributed by atoms with E-state index < -0.39 is 18.2 Å². The molecule has 27 heavy (non-hydrogen) atoms. The van der Waals surface area contributed by atoms with E-state index in [1.54, 1.807) is 6.08 Å². The summed E-state index contributed by atoms with van der Waals surface area (Å²) < 4.78 is 17.8. The smallest absolute Gasteiger partial charge is 0.308 e. The van der Waals surface area contributed by atoms with Crippen LogP contribution in [-0.2, 0) is 9.53 Å². The number of esters is 1. The van der Waals surface area contributed by atoms with Crippen LogP contribution in [0.4, 0.5) is 4.39 Å². The number of halogens is 1. The van der Waals surface area contributed by atoms with Gasteiger partial charge in [-0.2, -0.15) is 0 Å². The monoisotopic (exact) mass is 374 g/mol. The van der Waals surface area contributed by atoms with E-state index in [0.29, 0.717) is 11.8 Å². The van der Waals surface area contributed by atoms with Crippen LogP contribution >= 0.6 is 0 Å². The van der Waals surface area contributed by atoms with Gasteiger partial charge in [0.15, 0.2) is 0 Å². The van der Waals surface area contributed by atoms with Crippen molar-refractivity contribution in [3.8, 4) is 0 Å². The molecule has 0 spiro atoms. The summed E-state index contributed by atoms with van der Waals surface area (Å²) in [6, 6.07) is 6.61. The molecule has 1 fully saturated rings. The van der Waals surface area contributed by atoms with Crippen LogP contribution in [0.3, 0.4) is 0 Å². The first-order valence-electron chi connectivity index (χ1n) is 9.56. The third-order valence-electron chi connectivity index (χ3n) is 5.66. The van der Waals surface area contributed by atoms with Crippen LogP contribution in [0.25, 0.3) is 5.57 Å². The number of rotatable bonds is 7. The highest BCUT2D eigenvalue weighted by Crippen LogP contribution is 2.48. The van der Waals surface area contributed by atoms with Crippen LogP contribution in [0.15, 0.2) is 42.0 Å². The summed E-state index contributed by atoms with van der Waals surface area (Å²) in [7, 11) is 1.27. The number of aliphatic hydroxyl groups is 2. The van der Waals surface area contributed by atoms with Gasteiger partial charge in [0.2, 0.25) is 0 Å². The molecule has 1 saturated carbocycles. The first-order valence-corrected chi connectivity index (χ1v) is 9.56. The molecule has 0 radical (unpaired) electrons. The summed E-state index contributed by atoms with van der Waals surface area (Å²) in [5.41, 5.74) is 3.47. The highest BCUT2D eigenvalue weighted by Gasteiger charge is 2.34. The molecule has 0 heterocycles. The van der Waals surface area contributed by atoms with Gasteiger partial charge in [0, 0.05) is 6.42 Å². The first-order chi connectivity index (χ1) is 13.0. The fraction of sp³-hybridized carbons (Fsp3) is 0.500. The number of aliphatic hydroxyl groups excluding tert-OH is 2. The van der Waals surface area contributed by atoms with Gasteiger partial charge < -0.3 is 14.9 Å². The van der Waals surface area contributed by atoms with Crippen molar-refractivity contribution in [3.05, 3.63) is 53.4 Å². The summed E-state index contributed by atoms with van der Waals surface area (Å²) in [5, 5.41) is 20.1. The Kier molecular flexibility index (Phi) is 6.45. The molecule has 1 aromatic carbocycles. The molecule has 0 aromatic heterocycles. The SMILES string of the molecule is COC(=O)CC(O)CC(O)/C=C/C1=C(c2ccc(F)cc2)CC2CCC1C2. The van der Waals surface area contributed by atoms with Gasteiger partial charge >= 0.3 is 5.97 Å². The van der Waals surface area contributed by atoms with Gasteiger partial charge in [-0.05, 0) is 66.4 Å². The molecule has 5 heteroatoms. The Morgan fingerprint density at radius 1 is 1.30 bits per heavy atom. The maximum atomic E-state index is 13.3. The predicted octanol–water partition coefficient (Wildman–Crippen LogP) is 3.63.